The Morgan fingerprint density at radius 2 is 1.96 bits per heavy atom. The number of carbonyl (C=O) groups excluding carboxylic acids is 1. The van der Waals surface area contributed by atoms with Crippen molar-refractivity contribution in [1.82, 2.24) is 5.32 Å². The molecule has 1 aliphatic rings. The lowest BCUT2D eigenvalue weighted by Crippen LogP contribution is -2.87. The minimum atomic E-state index is -0.631. The van der Waals surface area contributed by atoms with Gasteiger partial charge in [0.1, 0.15) is 11.6 Å². The van der Waals surface area contributed by atoms with E-state index in [1.807, 2.05) is 17.4 Å². The average Bonchev–Trinajstić information content (AvgIpc) is 3.08. The molecule has 4 nitrogen and oxygen atoms in total. The molecule has 0 aromatic heterocycles. The van der Waals surface area contributed by atoms with Crippen LogP contribution in [0.4, 0.5) is 0 Å². The molecule has 2 aromatic rings. The van der Waals surface area contributed by atoms with E-state index >= 15 is 0 Å². The normalized spacial score (nSPS) is 17.3. The van der Waals surface area contributed by atoms with Gasteiger partial charge in [0.25, 0.3) is 5.91 Å². The highest BCUT2D eigenvalue weighted by Crippen LogP contribution is 2.28. The molecule has 124 valence electrons. The minimum absolute atomic E-state index is 0.0504. The van der Waals surface area contributed by atoms with Crippen molar-refractivity contribution < 1.29 is 10.1 Å². The first-order valence-electron chi connectivity index (χ1n) is 8.67. The minimum Gasteiger partial charge on any atom is -0.333 e. The summed E-state index contributed by atoms with van der Waals surface area (Å²) in [7, 11) is 0. The van der Waals surface area contributed by atoms with Crippen LogP contribution >= 0.6 is 0 Å². The quantitative estimate of drug-likeness (QED) is 0.887. The second-order valence-corrected chi connectivity index (χ2v) is 6.75. The highest BCUT2D eigenvalue weighted by atomic mass is 16.2. The summed E-state index contributed by atoms with van der Waals surface area (Å²) >= 11 is 0. The van der Waals surface area contributed by atoms with E-state index in [0.717, 1.165) is 25.7 Å². The Labute approximate surface area is 142 Å². The molecular weight excluding hydrogens is 298 g/mol. The summed E-state index contributed by atoms with van der Waals surface area (Å²) in [5.74, 6) is -0.0504. The molecule has 0 spiro atoms. The van der Waals surface area contributed by atoms with Crippen LogP contribution in [0.1, 0.15) is 44.2 Å². The Morgan fingerprint density at radius 1 is 1.25 bits per heavy atom. The predicted octanol–water partition coefficient (Wildman–Crippen LogP) is 2.42. The SMILES string of the molecule is C[C@H]([NH2+]CC(=O)NC1(C#N)CCCC1)c1cccc2ccccc12. The van der Waals surface area contributed by atoms with Crippen LogP contribution in [0.25, 0.3) is 10.8 Å². The van der Waals surface area contributed by atoms with Crippen LogP contribution in [-0.2, 0) is 4.79 Å². The zero-order chi connectivity index (χ0) is 17.0. The van der Waals surface area contributed by atoms with E-state index in [9.17, 15) is 10.1 Å². The van der Waals surface area contributed by atoms with Crippen LogP contribution in [0.3, 0.4) is 0 Å². The van der Waals surface area contributed by atoms with E-state index in [0.29, 0.717) is 6.54 Å². The number of amides is 1. The number of nitrogens with zero attached hydrogens (tertiary/aromatic N) is 1. The van der Waals surface area contributed by atoms with E-state index in [4.69, 9.17) is 0 Å². The average molecular weight is 322 g/mol. The Hall–Kier alpha value is -2.38. The summed E-state index contributed by atoms with van der Waals surface area (Å²) in [6.07, 6.45) is 3.58. The zero-order valence-electron chi connectivity index (χ0n) is 14.1. The third kappa shape index (κ3) is 3.42. The van der Waals surface area contributed by atoms with Crippen LogP contribution in [-0.4, -0.2) is 18.0 Å². The van der Waals surface area contributed by atoms with Crippen LogP contribution in [0.15, 0.2) is 42.5 Å². The van der Waals surface area contributed by atoms with Crippen molar-refractivity contribution >= 4 is 16.7 Å². The molecule has 0 aliphatic heterocycles. The van der Waals surface area contributed by atoms with Crippen LogP contribution in [0, 0.1) is 11.3 Å². The first kappa shape index (κ1) is 16.5. The maximum absolute atomic E-state index is 12.3. The van der Waals surface area contributed by atoms with Gasteiger partial charge in [-0.1, -0.05) is 42.5 Å². The fraction of sp³-hybridized carbons (Fsp3) is 0.400. The number of quaternary nitrogens is 1. The number of benzene rings is 2. The molecule has 2 aromatic carbocycles. The Balaban J connectivity index is 1.64. The molecule has 1 amide bonds. The fourth-order valence-electron chi connectivity index (χ4n) is 3.62. The largest absolute Gasteiger partial charge is 0.333 e. The van der Waals surface area contributed by atoms with Crippen molar-refractivity contribution in [1.29, 1.82) is 5.26 Å². The van der Waals surface area contributed by atoms with E-state index in [1.54, 1.807) is 0 Å². The summed E-state index contributed by atoms with van der Waals surface area (Å²) in [5, 5.41) is 16.8. The molecule has 0 radical (unpaired) electrons. The summed E-state index contributed by atoms with van der Waals surface area (Å²) in [6, 6.07) is 17.1. The van der Waals surface area contributed by atoms with Gasteiger partial charge < -0.3 is 10.6 Å². The first-order chi connectivity index (χ1) is 11.6. The number of nitrogens with one attached hydrogen (secondary N) is 1. The molecule has 1 saturated carbocycles. The van der Waals surface area contributed by atoms with Gasteiger partial charge in [0.2, 0.25) is 0 Å². The molecule has 0 bridgehead atoms. The monoisotopic (exact) mass is 322 g/mol. The Morgan fingerprint density at radius 3 is 2.71 bits per heavy atom. The zero-order valence-corrected chi connectivity index (χ0v) is 14.1. The van der Waals surface area contributed by atoms with Crippen molar-refractivity contribution in [2.75, 3.05) is 6.54 Å². The Bertz CT molecular complexity index is 767. The molecule has 0 unspecified atom stereocenters. The molecule has 0 saturated heterocycles. The molecular formula is C20H24N3O+. The van der Waals surface area contributed by atoms with Gasteiger partial charge in [-0.25, -0.2) is 0 Å². The van der Waals surface area contributed by atoms with E-state index in [2.05, 4.69) is 48.6 Å². The molecule has 1 atom stereocenters. The maximum Gasteiger partial charge on any atom is 0.276 e. The number of rotatable bonds is 5. The van der Waals surface area contributed by atoms with Gasteiger partial charge in [0, 0.05) is 5.56 Å². The molecule has 0 heterocycles. The van der Waals surface area contributed by atoms with Gasteiger partial charge in [-0.05, 0) is 43.4 Å². The van der Waals surface area contributed by atoms with Crippen LogP contribution < -0.4 is 10.6 Å². The predicted molar refractivity (Wildman–Crippen MR) is 94.1 cm³/mol. The number of nitriles is 1. The van der Waals surface area contributed by atoms with Gasteiger partial charge in [0.15, 0.2) is 6.54 Å². The van der Waals surface area contributed by atoms with Gasteiger partial charge in [-0.3, -0.25) is 4.79 Å². The fourth-order valence-corrected chi connectivity index (χ4v) is 3.62. The van der Waals surface area contributed by atoms with Crippen molar-refractivity contribution in [3.63, 3.8) is 0 Å². The molecule has 3 N–H and O–H groups in total. The second-order valence-electron chi connectivity index (χ2n) is 6.75. The third-order valence-corrected chi connectivity index (χ3v) is 5.02. The lowest BCUT2D eigenvalue weighted by molar-refractivity contribution is -0.682. The van der Waals surface area contributed by atoms with E-state index in [-0.39, 0.29) is 11.9 Å². The van der Waals surface area contributed by atoms with E-state index < -0.39 is 5.54 Å². The first-order valence-corrected chi connectivity index (χ1v) is 8.67. The molecule has 4 heteroatoms. The van der Waals surface area contributed by atoms with E-state index in [1.165, 1.54) is 16.3 Å². The number of nitrogens with two attached hydrogens (primary N) is 1. The second kappa shape index (κ2) is 7.02. The van der Waals surface area contributed by atoms with Crippen LogP contribution in [0.5, 0.6) is 0 Å². The summed E-state index contributed by atoms with van der Waals surface area (Å²) in [4.78, 5) is 12.3. The smallest absolute Gasteiger partial charge is 0.276 e. The number of fused-ring (bicyclic) bond motifs is 1. The van der Waals surface area contributed by atoms with Gasteiger partial charge in [0.05, 0.1) is 6.07 Å². The third-order valence-electron chi connectivity index (χ3n) is 5.02. The van der Waals surface area contributed by atoms with Crippen molar-refractivity contribution in [3.8, 4) is 6.07 Å². The van der Waals surface area contributed by atoms with Crippen LogP contribution in [0.2, 0.25) is 0 Å². The molecule has 1 aliphatic carbocycles. The topological polar surface area (TPSA) is 69.5 Å². The summed E-state index contributed by atoms with van der Waals surface area (Å²) < 4.78 is 0. The summed E-state index contributed by atoms with van der Waals surface area (Å²) in [5.41, 5.74) is 0.602. The molecule has 1 fully saturated rings. The maximum atomic E-state index is 12.3. The highest BCUT2D eigenvalue weighted by Gasteiger charge is 2.35. The van der Waals surface area contributed by atoms with Crippen molar-refractivity contribution in [3.05, 3.63) is 48.0 Å². The van der Waals surface area contributed by atoms with Crippen molar-refractivity contribution in [2.24, 2.45) is 0 Å². The van der Waals surface area contributed by atoms with Gasteiger partial charge >= 0.3 is 0 Å². The number of carbonyl (C=O) groups is 1. The van der Waals surface area contributed by atoms with Gasteiger partial charge in [-0.2, -0.15) is 5.26 Å². The number of hydrogen-bond donors (Lipinski definition) is 2. The number of hydrogen-bond acceptors (Lipinski definition) is 2. The highest BCUT2D eigenvalue weighted by molar-refractivity contribution is 5.86. The van der Waals surface area contributed by atoms with Crippen molar-refractivity contribution in [2.45, 2.75) is 44.2 Å². The molecule has 3 rings (SSSR count). The lowest BCUT2D eigenvalue weighted by atomic mass is 9.99. The molecule has 24 heavy (non-hydrogen) atoms. The Kier molecular flexibility index (Phi) is 4.82. The van der Waals surface area contributed by atoms with Gasteiger partial charge in [-0.15, -0.1) is 0 Å². The summed E-state index contributed by atoms with van der Waals surface area (Å²) in [6.45, 7) is 2.46. The standard InChI is InChI=1S/C20H23N3O/c1-15(17-10-6-8-16-7-2-3-9-18(16)17)22-13-19(24)23-20(14-21)11-4-5-12-20/h2-3,6-10,15,22H,4-5,11-13H2,1H3,(H,23,24)/p+1/t15-/m0/s1. The lowest BCUT2D eigenvalue weighted by Gasteiger charge is -2.22.